The summed E-state index contributed by atoms with van der Waals surface area (Å²) in [5.74, 6) is 0.128. The van der Waals surface area contributed by atoms with Gasteiger partial charge in [-0.15, -0.1) is 0 Å². The van der Waals surface area contributed by atoms with Crippen molar-refractivity contribution in [1.82, 2.24) is 15.1 Å². The Balaban J connectivity index is 1.97. The maximum absolute atomic E-state index is 12.8. The molecule has 6 heteroatoms. The normalized spacial score (nSPS) is 10.2. The smallest absolute Gasteiger partial charge is 0.276 e. The van der Waals surface area contributed by atoms with Crippen LogP contribution in [0.15, 0.2) is 47.1 Å². The average molecular weight is 266 g/mol. The summed E-state index contributed by atoms with van der Waals surface area (Å²) in [5.41, 5.74) is 1.57. The fourth-order valence-corrected chi connectivity index (χ4v) is 1.66. The van der Waals surface area contributed by atoms with Crippen LogP contribution >= 0.6 is 0 Å². The van der Waals surface area contributed by atoms with Crippen LogP contribution in [0.2, 0.25) is 0 Å². The minimum Gasteiger partial charge on any atom is -0.332 e. The summed E-state index contributed by atoms with van der Waals surface area (Å²) >= 11 is 0. The summed E-state index contributed by atoms with van der Waals surface area (Å²) in [6.07, 6.45) is 1.08. The molecule has 2 heterocycles. The second-order valence-electron chi connectivity index (χ2n) is 3.95. The Bertz CT molecular complexity index is 789. The molecule has 0 fully saturated rings. The molecule has 1 aromatic carbocycles. The van der Waals surface area contributed by atoms with Crippen molar-refractivity contribution in [3.8, 4) is 23.0 Å². The molecule has 0 aliphatic heterocycles. The minimum absolute atomic E-state index is 0.202. The zero-order valence-corrected chi connectivity index (χ0v) is 10.1. The number of rotatable bonds is 2. The second-order valence-corrected chi connectivity index (χ2v) is 3.95. The topological polar surface area (TPSA) is 56.2 Å². The Kier molecular flexibility index (Phi) is 2.94. The van der Waals surface area contributed by atoms with E-state index in [2.05, 4.69) is 20.0 Å². The molecule has 0 spiro atoms. The number of halogens is 1. The first kappa shape index (κ1) is 12.0. The third-order valence-corrected chi connectivity index (χ3v) is 2.61. The third kappa shape index (κ3) is 2.24. The fraction of sp³-hybridized carbons (Fsp3) is 0. The van der Waals surface area contributed by atoms with Crippen LogP contribution in [0.25, 0.3) is 27.8 Å². The number of hydrogen-bond donors (Lipinski definition) is 0. The molecular formula is C14H7FN4O. The van der Waals surface area contributed by atoms with Crippen LogP contribution in [0.5, 0.6) is 0 Å². The molecule has 0 radical (unpaired) electrons. The van der Waals surface area contributed by atoms with E-state index in [1.54, 1.807) is 24.3 Å². The Morgan fingerprint density at radius 1 is 1.20 bits per heavy atom. The third-order valence-electron chi connectivity index (χ3n) is 2.61. The molecule has 0 bridgehead atoms. The van der Waals surface area contributed by atoms with Crippen molar-refractivity contribution in [2.24, 2.45) is 0 Å². The van der Waals surface area contributed by atoms with Crippen molar-refractivity contribution >= 4 is 5.69 Å². The SMILES string of the molecule is [C-]#[N+]c1cccc(-c2noc(-c3ccc(F)cn3)n2)c1. The largest absolute Gasteiger partial charge is 0.332 e. The Hall–Kier alpha value is -3.07. The first-order chi connectivity index (χ1) is 9.76. The lowest BCUT2D eigenvalue weighted by atomic mass is 10.2. The fourth-order valence-electron chi connectivity index (χ4n) is 1.66. The summed E-state index contributed by atoms with van der Waals surface area (Å²) in [6, 6.07) is 9.61. The molecule has 0 saturated carbocycles. The van der Waals surface area contributed by atoms with Crippen LogP contribution in [-0.4, -0.2) is 15.1 Å². The highest BCUT2D eigenvalue weighted by atomic mass is 19.1. The number of benzene rings is 1. The van der Waals surface area contributed by atoms with Gasteiger partial charge in [-0.25, -0.2) is 14.2 Å². The predicted octanol–water partition coefficient (Wildman–Crippen LogP) is 3.49. The van der Waals surface area contributed by atoms with Crippen molar-refractivity contribution in [3.63, 3.8) is 0 Å². The molecule has 0 aliphatic carbocycles. The number of nitrogens with zero attached hydrogens (tertiary/aromatic N) is 4. The lowest BCUT2D eigenvalue weighted by Crippen LogP contribution is -1.85. The van der Waals surface area contributed by atoms with Crippen LogP contribution in [0, 0.1) is 12.4 Å². The van der Waals surface area contributed by atoms with Gasteiger partial charge in [0.05, 0.1) is 12.8 Å². The zero-order valence-electron chi connectivity index (χ0n) is 10.1. The van der Waals surface area contributed by atoms with Gasteiger partial charge >= 0.3 is 0 Å². The zero-order chi connectivity index (χ0) is 13.9. The van der Waals surface area contributed by atoms with Crippen LogP contribution in [0.1, 0.15) is 0 Å². The maximum atomic E-state index is 12.8. The van der Waals surface area contributed by atoms with Crippen molar-refractivity contribution < 1.29 is 8.91 Å². The van der Waals surface area contributed by atoms with Gasteiger partial charge in [-0.2, -0.15) is 4.98 Å². The predicted molar refractivity (Wildman–Crippen MR) is 69.2 cm³/mol. The molecule has 3 rings (SSSR count). The molecule has 2 aromatic heterocycles. The summed E-state index contributed by atoms with van der Waals surface area (Å²) in [5, 5.41) is 3.84. The second kappa shape index (κ2) is 4.90. The van der Waals surface area contributed by atoms with Crippen molar-refractivity contribution in [1.29, 1.82) is 0 Å². The van der Waals surface area contributed by atoms with Crippen LogP contribution in [0.3, 0.4) is 0 Å². The van der Waals surface area contributed by atoms with E-state index >= 15 is 0 Å². The molecule has 0 saturated heterocycles. The molecule has 0 atom stereocenters. The molecule has 0 amide bonds. The molecule has 20 heavy (non-hydrogen) atoms. The van der Waals surface area contributed by atoms with Gasteiger partial charge in [-0.3, -0.25) is 0 Å². The van der Waals surface area contributed by atoms with Crippen LogP contribution in [-0.2, 0) is 0 Å². The number of hydrogen-bond acceptors (Lipinski definition) is 4. The van der Waals surface area contributed by atoms with Gasteiger partial charge in [0, 0.05) is 5.56 Å². The van der Waals surface area contributed by atoms with Crippen LogP contribution < -0.4 is 0 Å². The van der Waals surface area contributed by atoms with E-state index in [1.807, 2.05) is 0 Å². The van der Waals surface area contributed by atoms with E-state index < -0.39 is 5.82 Å². The summed E-state index contributed by atoms with van der Waals surface area (Å²) in [7, 11) is 0. The standard InChI is InChI=1S/C14H7FN4O/c1-16-11-4-2-3-9(7-11)13-18-14(20-19-13)12-6-5-10(15)8-17-12/h2-8H. The molecule has 5 nitrogen and oxygen atoms in total. The van der Waals surface area contributed by atoms with Gasteiger partial charge in [0.25, 0.3) is 5.89 Å². The average Bonchev–Trinajstić information content (AvgIpc) is 2.98. The lowest BCUT2D eigenvalue weighted by molar-refractivity contribution is 0.431. The Morgan fingerprint density at radius 2 is 2.10 bits per heavy atom. The van der Waals surface area contributed by atoms with Crippen molar-refractivity contribution in [2.75, 3.05) is 0 Å². The highest BCUT2D eigenvalue weighted by Crippen LogP contribution is 2.24. The Morgan fingerprint density at radius 3 is 2.85 bits per heavy atom. The lowest BCUT2D eigenvalue weighted by Gasteiger charge is -1.94. The molecule has 0 unspecified atom stereocenters. The summed E-state index contributed by atoms with van der Waals surface area (Å²) in [4.78, 5) is 11.4. The van der Waals surface area contributed by atoms with E-state index in [-0.39, 0.29) is 5.89 Å². The van der Waals surface area contributed by atoms with E-state index in [4.69, 9.17) is 11.1 Å². The number of aromatic nitrogens is 3. The summed E-state index contributed by atoms with van der Waals surface area (Å²) < 4.78 is 17.9. The first-order valence-corrected chi connectivity index (χ1v) is 5.70. The van der Waals surface area contributed by atoms with Gasteiger partial charge in [0.1, 0.15) is 11.5 Å². The monoisotopic (exact) mass is 266 g/mol. The van der Waals surface area contributed by atoms with Crippen molar-refractivity contribution in [2.45, 2.75) is 0 Å². The quantitative estimate of drug-likeness (QED) is 0.666. The maximum Gasteiger partial charge on any atom is 0.276 e. The van der Waals surface area contributed by atoms with Gasteiger partial charge in [0.2, 0.25) is 5.82 Å². The molecule has 0 N–H and O–H groups in total. The van der Waals surface area contributed by atoms with Gasteiger partial charge in [-0.1, -0.05) is 23.4 Å². The van der Waals surface area contributed by atoms with Gasteiger partial charge < -0.3 is 4.52 Å². The molecule has 0 aliphatic rings. The highest BCUT2D eigenvalue weighted by Gasteiger charge is 2.11. The number of pyridine rings is 1. The minimum atomic E-state index is -0.432. The molecular weight excluding hydrogens is 259 g/mol. The Labute approximate surface area is 113 Å². The van der Waals surface area contributed by atoms with E-state index in [0.29, 0.717) is 22.8 Å². The first-order valence-electron chi connectivity index (χ1n) is 5.70. The molecule has 96 valence electrons. The van der Waals surface area contributed by atoms with Crippen LogP contribution in [0.4, 0.5) is 10.1 Å². The van der Waals surface area contributed by atoms with Gasteiger partial charge in [0.15, 0.2) is 5.69 Å². The highest BCUT2D eigenvalue weighted by molar-refractivity contribution is 5.63. The molecule has 3 aromatic rings. The van der Waals surface area contributed by atoms with Crippen molar-refractivity contribution in [3.05, 3.63) is 59.8 Å². The van der Waals surface area contributed by atoms with E-state index in [1.165, 1.54) is 12.1 Å². The summed E-state index contributed by atoms with van der Waals surface area (Å²) in [6.45, 7) is 6.98. The van der Waals surface area contributed by atoms with Gasteiger partial charge in [-0.05, 0) is 18.2 Å². The van der Waals surface area contributed by atoms with E-state index in [0.717, 1.165) is 6.20 Å². The van der Waals surface area contributed by atoms with E-state index in [9.17, 15) is 4.39 Å².